The summed E-state index contributed by atoms with van der Waals surface area (Å²) < 4.78 is 5.81. The van der Waals surface area contributed by atoms with Crippen molar-refractivity contribution in [2.75, 3.05) is 13.7 Å². The summed E-state index contributed by atoms with van der Waals surface area (Å²) >= 11 is 0. The lowest BCUT2D eigenvalue weighted by Gasteiger charge is -2.37. The van der Waals surface area contributed by atoms with Gasteiger partial charge in [0.1, 0.15) is 0 Å². The normalized spacial score (nSPS) is 15.9. The van der Waals surface area contributed by atoms with Gasteiger partial charge < -0.3 is 10.1 Å². The monoisotopic (exact) mass is 277 g/mol. The highest BCUT2D eigenvalue weighted by Crippen LogP contribution is 2.23. The van der Waals surface area contributed by atoms with Crippen molar-refractivity contribution in [2.24, 2.45) is 0 Å². The Labute approximate surface area is 124 Å². The fourth-order valence-corrected chi connectivity index (χ4v) is 2.52. The Morgan fingerprint density at radius 3 is 2.40 bits per heavy atom. The van der Waals surface area contributed by atoms with E-state index in [4.69, 9.17) is 4.74 Å². The second-order valence-corrected chi connectivity index (χ2v) is 6.00. The van der Waals surface area contributed by atoms with E-state index in [9.17, 15) is 0 Å². The van der Waals surface area contributed by atoms with Crippen molar-refractivity contribution >= 4 is 0 Å². The van der Waals surface area contributed by atoms with E-state index < -0.39 is 0 Å². The summed E-state index contributed by atoms with van der Waals surface area (Å²) in [5, 5.41) is 3.67. The molecule has 1 rings (SSSR count). The third kappa shape index (κ3) is 4.32. The van der Waals surface area contributed by atoms with E-state index in [0.29, 0.717) is 6.04 Å². The van der Waals surface area contributed by atoms with Crippen LogP contribution in [0.25, 0.3) is 0 Å². The summed E-state index contributed by atoms with van der Waals surface area (Å²) in [6, 6.07) is 7.12. The number of ether oxygens (including phenoxy) is 1. The van der Waals surface area contributed by atoms with Crippen molar-refractivity contribution in [3.63, 3.8) is 0 Å². The van der Waals surface area contributed by atoms with Crippen LogP contribution in [0.2, 0.25) is 0 Å². The second kappa shape index (κ2) is 7.80. The molecule has 0 aliphatic heterocycles. The minimum absolute atomic E-state index is 0.117. The molecule has 114 valence electrons. The van der Waals surface area contributed by atoms with E-state index in [1.807, 2.05) is 7.11 Å². The van der Waals surface area contributed by atoms with Gasteiger partial charge in [-0.15, -0.1) is 0 Å². The van der Waals surface area contributed by atoms with Crippen molar-refractivity contribution < 1.29 is 4.74 Å². The van der Waals surface area contributed by atoms with Crippen LogP contribution in [0, 0.1) is 13.8 Å². The summed E-state index contributed by atoms with van der Waals surface area (Å²) in [5.74, 6) is 0. The third-order valence-corrected chi connectivity index (χ3v) is 4.56. The SMILES string of the molecule is CCCNC(Cc1ccc(C)c(C)c1)C(C)(CC)OC. The average Bonchev–Trinajstić information content (AvgIpc) is 2.46. The van der Waals surface area contributed by atoms with Crippen LogP contribution < -0.4 is 5.32 Å². The molecule has 0 fully saturated rings. The lowest BCUT2D eigenvalue weighted by molar-refractivity contribution is -0.0287. The van der Waals surface area contributed by atoms with Crippen molar-refractivity contribution in [3.8, 4) is 0 Å². The van der Waals surface area contributed by atoms with E-state index in [2.05, 4.69) is 58.1 Å². The van der Waals surface area contributed by atoms with Crippen LogP contribution in [0.5, 0.6) is 0 Å². The van der Waals surface area contributed by atoms with E-state index in [1.165, 1.54) is 16.7 Å². The molecule has 2 unspecified atom stereocenters. The molecule has 0 saturated heterocycles. The summed E-state index contributed by atoms with van der Waals surface area (Å²) in [6.45, 7) is 12.0. The van der Waals surface area contributed by atoms with Crippen molar-refractivity contribution in [3.05, 3.63) is 34.9 Å². The molecule has 0 spiro atoms. The number of hydrogen-bond donors (Lipinski definition) is 1. The highest BCUT2D eigenvalue weighted by molar-refractivity contribution is 5.30. The van der Waals surface area contributed by atoms with Crippen molar-refractivity contribution in [1.82, 2.24) is 5.32 Å². The predicted molar refractivity (Wildman–Crippen MR) is 87.4 cm³/mol. The highest BCUT2D eigenvalue weighted by Gasteiger charge is 2.32. The number of rotatable bonds is 8. The highest BCUT2D eigenvalue weighted by atomic mass is 16.5. The molecule has 1 aromatic carbocycles. The lowest BCUT2D eigenvalue weighted by Crippen LogP contribution is -2.51. The van der Waals surface area contributed by atoms with Crippen LogP contribution in [0.1, 0.15) is 50.3 Å². The molecular formula is C18H31NO. The average molecular weight is 277 g/mol. The van der Waals surface area contributed by atoms with Crippen LogP contribution in [0.4, 0.5) is 0 Å². The maximum absolute atomic E-state index is 5.81. The van der Waals surface area contributed by atoms with E-state index >= 15 is 0 Å². The molecule has 20 heavy (non-hydrogen) atoms. The summed E-state index contributed by atoms with van der Waals surface area (Å²) in [7, 11) is 1.82. The smallest absolute Gasteiger partial charge is 0.0803 e. The number of hydrogen-bond acceptors (Lipinski definition) is 2. The van der Waals surface area contributed by atoms with Gasteiger partial charge in [-0.2, -0.15) is 0 Å². The Hall–Kier alpha value is -0.860. The Kier molecular flexibility index (Phi) is 6.70. The Morgan fingerprint density at radius 2 is 1.90 bits per heavy atom. The first kappa shape index (κ1) is 17.2. The lowest BCUT2D eigenvalue weighted by atomic mass is 9.87. The van der Waals surface area contributed by atoms with Gasteiger partial charge in [-0.1, -0.05) is 32.0 Å². The molecule has 2 atom stereocenters. The fourth-order valence-electron chi connectivity index (χ4n) is 2.52. The maximum Gasteiger partial charge on any atom is 0.0803 e. The minimum atomic E-state index is -0.117. The number of aryl methyl sites for hydroxylation is 2. The minimum Gasteiger partial charge on any atom is -0.377 e. The van der Waals surface area contributed by atoms with E-state index in [0.717, 1.165) is 25.8 Å². The molecule has 2 heteroatoms. The van der Waals surface area contributed by atoms with Crippen molar-refractivity contribution in [2.45, 2.75) is 65.5 Å². The summed E-state index contributed by atoms with van der Waals surface area (Å²) in [5.41, 5.74) is 4.00. The van der Waals surface area contributed by atoms with Gasteiger partial charge in [0.25, 0.3) is 0 Å². The van der Waals surface area contributed by atoms with Gasteiger partial charge in [0, 0.05) is 13.2 Å². The zero-order valence-electron chi connectivity index (χ0n) is 14.0. The molecule has 1 aromatic rings. The molecule has 0 amide bonds. The van der Waals surface area contributed by atoms with E-state index in [-0.39, 0.29) is 5.60 Å². The Balaban J connectivity index is 2.90. The quantitative estimate of drug-likeness (QED) is 0.774. The first-order valence-corrected chi connectivity index (χ1v) is 7.81. The second-order valence-electron chi connectivity index (χ2n) is 6.00. The fraction of sp³-hybridized carbons (Fsp3) is 0.667. The molecule has 0 bridgehead atoms. The molecule has 0 saturated carbocycles. The topological polar surface area (TPSA) is 21.3 Å². The summed E-state index contributed by atoms with van der Waals surface area (Å²) in [4.78, 5) is 0. The number of benzene rings is 1. The van der Waals surface area contributed by atoms with Crippen LogP contribution in [-0.4, -0.2) is 25.3 Å². The number of nitrogens with one attached hydrogen (secondary N) is 1. The Morgan fingerprint density at radius 1 is 1.20 bits per heavy atom. The zero-order chi connectivity index (χ0) is 15.2. The molecule has 2 nitrogen and oxygen atoms in total. The molecule has 1 N–H and O–H groups in total. The van der Waals surface area contributed by atoms with Crippen LogP contribution >= 0.6 is 0 Å². The molecule has 0 radical (unpaired) electrons. The standard InChI is InChI=1S/C18H31NO/c1-7-11-19-17(18(5,8-2)20-6)13-16-10-9-14(3)15(4)12-16/h9-10,12,17,19H,7-8,11,13H2,1-6H3. The van der Waals surface area contributed by atoms with Gasteiger partial charge in [0.05, 0.1) is 5.60 Å². The van der Waals surface area contributed by atoms with Crippen LogP contribution in [0.15, 0.2) is 18.2 Å². The van der Waals surface area contributed by atoms with Crippen molar-refractivity contribution in [1.29, 1.82) is 0 Å². The molecule has 0 aromatic heterocycles. The van der Waals surface area contributed by atoms with E-state index in [1.54, 1.807) is 0 Å². The first-order chi connectivity index (χ1) is 9.46. The largest absolute Gasteiger partial charge is 0.377 e. The van der Waals surface area contributed by atoms with Crippen LogP contribution in [0.3, 0.4) is 0 Å². The molecule has 0 heterocycles. The predicted octanol–water partition coefficient (Wildman–Crippen LogP) is 4.03. The third-order valence-electron chi connectivity index (χ3n) is 4.56. The van der Waals surface area contributed by atoms with Gasteiger partial charge in [-0.25, -0.2) is 0 Å². The maximum atomic E-state index is 5.81. The van der Waals surface area contributed by atoms with Gasteiger partial charge in [0.15, 0.2) is 0 Å². The Bertz CT molecular complexity index is 410. The molecular weight excluding hydrogens is 246 g/mol. The van der Waals surface area contributed by atoms with Gasteiger partial charge >= 0.3 is 0 Å². The van der Waals surface area contributed by atoms with Gasteiger partial charge in [-0.3, -0.25) is 0 Å². The first-order valence-electron chi connectivity index (χ1n) is 7.81. The summed E-state index contributed by atoms with van der Waals surface area (Å²) in [6.07, 6.45) is 3.17. The van der Waals surface area contributed by atoms with Gasteiger partial charge in [0.2, 0.25) is 0 Å². The molecule has 0 aliphatic rings. The van der Waals surface area contributed by atoms with Crippen LogP contribution in [-0.2, 0) is 11.2 Å². The zero-order valence-corrected chi connectivity index (χ0v) is 14.0. The van der Waals surface area contributed by atoms with Gasteiger partial charge in [-0.05, 0) is 63.3 Å². The number of methoxy groups -OCH3 is 1. The molecule has 0 aliphatic carbocycles.